The van der Waals surface area contributed by atoms with Crippen LogP contribution in [-0.2, 0) is 28.9 Å². The van der Waals surface area contributed by atoms with Crippen molar-refractivity contribution in [3.05, 3.63) is 24.3 Å². The monoisotopic (exact) mass is 962 g/mol. The zero-order chi connectivity index (χ0) is 48.5. The molecule has 0 aromatic carbocycles. The average Bonchev–Trinajstić information content (AvgIpc) is 3.29. The molecular weight excluding hydrogens is 863 g/mol. The predicted octanol–water partition coefficient (Wildman–Crippen LogP) is 10.6. The van der Waals surface area contributed by atoms with Crippen LogP contribution in [0.15, 0.2) is 24.3 Å². The van der Waals surface area contributed by atoms with Gasteiger partial charge < -0.3 is 40.3 Å². The molecule has 0 saturated carbocycles. The summed E-state index contributed by atoms with van der Waals surface area (Å²) in [6.45, 7) is 3.24. The van der Waals surface area contributed by atoms with Gasteiger partial charge in [-0.2, -0.15) is 8.42 Å². The van der Waals surface area contributed by atoms with Crippen LogP contribution < -0.4 is 5.32 Å². The molecule has 1 rings (SSSR count). The molecule has 0 aromatic heterocycles. The van der Waals surface area contributed by atoms with Crippen LogP contribution in [-0.4, -0.2) is 107 Å². The molecule has 1 heterocycles. The van der Waals surface area contributed by atoms with Crippen molar-refractivity contribution in [3.63, 3.8) is 0 Å². The summed E-state index contributed by atoms with van der Waals surface area (Å²) in [5.41, 5.74) is 0. The number of aliphatic hydroxyl groups excluding tert-OH is 5. The van der Waals surface area contributed by atoms with Gasteiger partial charge in [0.15, 0.2) is 6.29 Å². The summed E-state index contributed by atoms with van der Waals surface area (Å²) in [6.07, 6.45) is 38.2. The lowest BCUT2D eigenvalue weighted by Gasteiger charge is -2.41. The molecule has 0 bridgehead atoms. The Bertz CT molecular complexity index is 1290. The third-order valence-electron chi connectivity index (χ3n) is 12.8. The van der Waals surface area contributed by atoms with Crippen LogP contribution in [0.2, 0.25) is 0 Å². The van der Waals surface area contributed by atoms with Gasteiger partial charge in [0.25, 0.3) is 0 Å². The first-order valence-corrected chi connectivity index (χ1v) is 28.2. The van der Waals surface area contributed by atoms with Crippen LogP contribution >= 0.6 is 0 Å². The van der Waals surface area contributed by atoms with Gasteiger partial charge in [-0.3, -0.25) is 9.35 Å². The van der Waals surface area contributed by atoms with E-state index in [1.54, 1.807) is 6.08 Å². The van der Waals surface area contributed by atoms with E-state index in [0.717, 1.165) is 57.8 Å². The first kappa shape index (κ1) is 62.6. The second-order valence-electron chi connectivity index (χ2n) is 19.0. The van der Waals surface area contributed by atoms with Crippen molar-refractivity contribution in [2.45, 2.75) is 288 Å². The third-order valence-corrected chi connectivity index (χ3v) is 13.3. The van der Waals surface area contributed by atoms with E-state index in [-0.39, 0.29) is 6.42 Å². The normalized spacial score (nSPS) is 20.6. The van der Waals surface area contributed by atoms with Gasteiger partial charge in [0.2, 0.25) is 5.91 Å². The zero-order valence-corrected chi connectivity index (χ0v) is 42.4. The molecule has 0 spiro atoms. The Labute approximate surface area is 402 Å². The fraction of sp³-hybridized carbons (Fsp3) is 0.904. The maximum atomic E-state index is 13.2. The van der Waals surface area contributed by atoms with Gasteiger partial charge in [-0.25, -0.2) is 4.18 Å². The minimum atomic E-state index is -5.12. The molecular formula is C52H99NO12S. The van der Waals surface area contributed by atoms with E-state index < -0.39 is 78.5 Å². The van der Waals surface area contributed by atoms with Crippen LogP contribution in [0.4, 0.5) is 0 Å². The number of hydrogen-bond acceptors (Lipinski definition) is 11. The lowest BCUT2D eigenvalue weighted by molar-refractivity contribution is -0.298. The molecule has 1 saturated heterocycles. The van der Waals surface area contributed by atoms with Crippen molar-refractivity contribution in [3.8, 4) is 0 Å². The first-order chi connectivity index (χ1) is 31.9. The van der Waals surface area contributed by atoms with Crippen LogP contribution in [0.3, 0.4) is 0 Å². The maximum Gasteiger partial charge on any atom is 0.397 e. The van der Waals surface area contributed by atoms with Gasteiger partial charge in [0.1, 0.15) is 30.5 Å². The SMILES string of the molecule is CCCCCCCCCCCCC/C=C\CCCCCCCCC(O)C(=O)NC(COC1OC(CO)C(O)C(OS(=O)(=O)O)C1O)C(O)/C=C/CCCCCCCCCCCCCCCC. The fourth-order valence-corrected chi connectivity index (χ4v) is 9.08. The second kappa shape index (κ2) is 42.4. The summed E-state index contributed by atoms with van der Waals surface area (Å²) >= 11 is 0. The quantitative estimate of drug-likeness (QED) is 0.0173. The van der Waals surface area contributed by atoms with Crippen molar-refractivity contribution in [1.82, 2.24) is 5.32 Å². The van der Waals surface area contributed by atoms with E-state index in [9.17, 15) is 43.3 Å². The van der Waals surface area contributed by atoms with Crippen molar-refractivity contribution in [2.75, 3.05) is 13.2 Å². The van der Waals surface area contributed by atoms with Gasteiger partial charge in [-0.1, -0.05) is 218 Å². The van der Waals surface area contributed by atoms with Crippen molar-refractivity contribution in [2.24, 2.45) is 0 Å². The summed E-state index contributed by atoms with van der Waals surface area (Å²) in [5.74, 6) is -0.704. The van der Waals surface area contributed by atoms with Crippen molar-refractivity contribution in [1.29, 1.82) is 0 Å². The number of carbonyl (C=O) groups excluding carboxylic acids is 1. The standard InChI is InChI=1S/C52H99NO12S/c1-3-5-7-9-11-13-15-17-19-21-22-23-24-25-27-29-31-33-35-37-39-41-46(56)51(59)53-44(43-63-52-49(58)50(65-66(60,61)62)48(57)47(42-54)64-52)45(55)40-38-36-34-32-30-28-26-20-18-16-14-12-10-8-6-4-2/h24-25,38,40,44-50,52,54-58H,3-23,26-37,39,41-43H2,1-2H3,(H,53,59)(H,60,61,62)/b25-24-,40-38+. The van der Waals surface area contributed by atoms with Gasteiger partial charge >= 0.3 is 10.4 Å². The number of allylic oxidation sites excluding steroid dienone is 3. The lowest BCUT2D eigenvalue weighted by atomic mass is 9.99. The Balaban J connectivity index is 2.48. The number of aliphatic hydroxyl groups is 5. The third kappa shape index (κ3) is 33.9. The second-order valence-corrected chi connectivity index (χ2v) is 20.0. The number of nitrogens with one attached hydrogen (secondary N) is 1. The number of rotatable bonds is 46. The van der Waals surface area contributed by atoms with Crippen LogP contribution in [0.5, 0.6) is 0 Å². The molecule has 390 valence electrons. The molecule has 1 amide bonds. The molecule has 1 fully saturated rings. The molecule has 0 aromatic rings. The molecule has 0 radical (unpaired) electrons. The summed E-state index contributed by atoms with van der Waals surface area (Å²) in [7, 11) is -5.12. The summed E-state index contributed by atoms with van der Waals surface area (Å²) < 4.78 is 47.7. The van der Waals surface area contributed by atoms with Crippen LogP contribution in [0.25, 0.3) is 0 Å². The predicted molar refractivity (Wildman–Crippen MR) is 265 cm³/mol. The van der Waals surface area contributed by atoms with Crippen LogP contribution in [0, 0.1) is 0 Å². The summed E-state index contributed by atoms with van der Waals surface area (Å²) in [5, 5.41) is 55.4. The molecule has 14 heteroatoms. The van der Waals surface area contributed by atoms with Gasteiger partial charge in [-0.15, -0.1) is 0 Å². The van der Waals surface area contributed by atoms with Gasteiger partial charge in [0.05, 0.1) is 25.4 Å². The molecule has 8 atom stereocenters. The summed E-state index contributed by atoms with van der Waals surface area (Å²) in [4.78, 5) is 13.2. The van der Waals surface area contributed by atoms with E-state index >= 15 is 0 Å². The van der Waals surface area contributed by atoms with E-state index in [0.29, 0.717) is 12.8 Å². The minimum absolute atomic E-state index is 0.238. The molecule has 66 heavy (non-hydrogen) atoms. The molecule has 8 unspecified atom stereocenters. The number of ether oxygens (including phenoxy) is 2. The highest BCUT2D eigenvalue weighted by molar-refractivity contribution is 7.80. The average molecular weight is 962 g/mol. The van der Waals surface area contributed by atoms with Crippen molar-refractivity contribution < 1.29 is 57.0 Å². The minimum Gasteiger partial charge on any atom is -0.394 e. The number of amides is 1. The first-order valence-electron chi connectivity index (χ1n) is 26.8. The summed E-state index contributed by atoms with van der Waals surface area (Å²) in [6, 6.07) is -1.12. The van der Waals surface area contributed by atoms with Gasteiger partial charge in [0, 0.05) is 0 Å². The molecule has 13 nitrogen and oxygen atoms in total. The number of hydrogen-bond donors (Lipinski definition) is 7. The Morgan fingerprint density at radius 1 is 0.606 bits per heavy atom. The Morgan fingerprint density at radius 2 is 1.00 bits per heavy atom. The Kier molecular flexibility index (Phi) is 40.2. The Morgan fingerprint density at radius 3 is 1.41 bits per heavy atom. The lowest BCUT2D eigenvalue weighted by Crippen LogP contribution is -2.61. The van der Waals surface area contributed by atoms with E-state index in [4.69, 9.17) is 9.47 Å². The van der Waals surface area contributed by atoms with Crippen molar-refractivity contribution >= 4 is 16.3 Å². The Hall–Kier alpha value is -1.46. The van der Waals surface area contributed by atoms with Crippen LogP contribution in [0.1, 0.15) is 239 Å². The maximum absolute atomic E-state index is 13.2. The molecule has 0 aliphatic carbocycles. The molecule has 1 aliphatic rings. The van der Waals surface area contributed by atoms with E-state index in [2.05, 4.69) is 35.5 Å². The molecule has 7 N–H and O–H groups in total. The molecule has 1 aliphatic heterocycles. The smallest absolute Gasteiger partial charge is 0.394 e. The number of unbranched alkanes of at least 4 members (excludes halogenated alkanes) is 31. The van der Waals surface area contributed by atoms with E-state index in [1.165, 1.54) is 148 Å². The van der Waals surface area contributed by atoms with Gasteiger partial charge in [-0.05, 0) is 44.9 Å². The topological polar surface area (TPSA) is 212 Å². The fourth-order valence-electron chi connectivity index (χ4n) is 8.57. The highest BCUT2D eigenvalue weighted by Crippen LogP contribution is 2.26. The highest BCUT2D eigenvalue weighted by Gasteiger charge is 2.48. The largest absolute Gasteiger partial charge is 0.397 e. The zero-order valence-electron chi connectivity index (χ0n) is 41.6. The number of carbonyl (C=O) groups is 1. The van der Waals surface area contributed by atoms with E-state index in [1.807, 2.05) is 6.08 Å². The highest BCUT2D eigenvalue weighted by atomic mass is 32.3.